The number of rotatable bonds is 4. The molecule has 88 valence electrons. The van der Waals surface area contributed by atoms with Gasteiger partial charge in [0.1, 0.15) is 0 Å². The molecule has 3 nitrogen and oxygen atoms in total. The van der Waals surface area contributed by atoms with E-state index >= 15 is 0 Å². The van der Waals surface area contributed by atoms with E-state index in [4.69, 9.17) is 0 Å². The van der Waals surface area contributed by atoms with Crippen molar-refractivity contribution in [1.29, 1.82) is 0 Å². The minimum absolute atomic E-state index is 0.392. The largest absolute Gasteiger partial charge is 0.309 e. The maximum Gasteiger partial charge on any atom is 0.0758 e. The van der Waals surface area contributed by atoms with E-state index in [1.165, 1.54) is 19.3 Å². The van der Waals surface area contributed by atoms with E-state index in [0.717, 1.165) is 24.1 Å². The fourth-order valence-corrected chi connectivity index (χ4v) is 2.76. The molecule has 1 aromatic heterocycles. The first kappa shape index (κ1) is 11.5. The van der Waals surface area contributed by atoms with Gasteiger partial charge in [-0.3, -0.25) is 9.97 Å². The molecule has 1 aliphatic rings. The predicted molar refractivity (Wildman–Crippen MR) is 65.0 cm³/mol. The van der Waals surface area contributed by atoms with E-state index in [1.54, 1.807) is 12.4 Å². The highest BCUT2D eigenvalue weighted by Crippen LogP contribution is 2.38. The summed E-state index contributed by atoms with van der Waals surface area (Å²) in [5.41, 5.74) is 1.10. The molecular weight excluding hydrogens is 198 g/mol. The fraction of sp³-hybridized carbons (Fsp3) is 0.692. The van der Waals surface area contributed by atoms with Crippen LogP contribution in [0.1, 0.15) is 44.8 Å². The molecule has 0 aliphatic heterocycles. The van der Waals surface area contributed by atoms with Crippen molar-refractivity contribution in [2.75, 3.05) is 6.54 Å². The van der Waals surface area contributed by atoms with Crippen molar-refractivity contribution in [3.8, 4) is 0 Å². The minimum atomic E-state index is 0.392. The molecule has 0 spiro atoms. The van der Waals surface area contributed by atoms with Gasteiger partial charge in [-0.15, -0.1) is 0 Å². The van der Waals surface area contributed by atoms with E-state index < -0.39 is 0 Å². The molecule has 0 aromatic carbocycles. The van der Waals surface area contributed by atoms with Gasteiger partial charge < -0.3 is 5.32 Å². The first-order valence-electron chi connectivity index (χ1n) is 6.30. The average Bonchev–Trinajstić information content (AvgIpc) is 2.74. The Kier molecular flexibility index (Phi) is 3.88. The molecule has 0 amide bonds. The van der Waals surface area contributed by atoms with Crippen LogP contribution in [0.25, 0.3) is 0 Å². The van der Waals surface area contributed by atoms with Crippen molar-refractivity contribution in [2.45, 2.75) is 39.2 Å². The van der Waals surface area contributed by atoms with Crippen molar-refractivity contribution >= 4 is 0 Å². The predicted octanol–water partition coefficient (Wildman–Crippen LogP) is 2.56. The molecule has 1 heterocycles. The minimum Gasteiger partial charge on any atom is -0.309 e. The second kappa shape index (κ2) is 5.39. The maximum absolute atomic E-state index is 4.44. The summed E-state index contributed by atoms with van der Waals surface area (Å²) in [4.78, 5) is 8.62. The summed E-state index contributed by atoms with van der Waals surface area (Å²) < 4.78 is 0. The third kappa shape index (κ3) is 2.59. The Morgan fingerprint density at radius 2 is 2.31 bits per heavy atom. The van der Waals surface area contributed by atoms with Gasteiger partial charge in [-0.1, -0.05) is 20.3 Å². The summed E-state index contributed by atoms with van der Waals surface area (Å²) in [6.07, 6.45) is 9.41. The third-order valence-corrected chi connectivity index (χ3v) is 3.53. The third-order valence-electron chi connectivity index (χ3n) is 3.53. The standard InChI is InChI=1S/C13H21N3/c1-3-15-13(11-5-4-10(2)8-11)12-9-14-6-7-16-12/h6-7,9-11,13,15H,3-5,8H2,1-2H3. The number of hydrogen-bond donors (Lipinski definition) is 1. The zero-order valence-electron chi connectivity index (χ0n) is 10.2. The summed E-state index contributed by atoms with van der Waals surface area (Å²) in [6.45, 7) is 5.49. The Labute approximate surface area is 97.7 Å². The first-order valence-corrected chi connectivity index (χ1v) is 6.30. The first-order chi connectivity index (χ1) is 7.81. The van der Waals surface area contributed by atoms with Crippen LogP contribution < -0.4 is 5.32 Å². The Morgan fingerprint density at radius 3 is 2.88 bits per heavy atom. The number of nitrogens with one attached hydrogen (secondary N) is 1. The van der Waals surface area contributed by atoms with Crippen LogP contribution in [0.5, 0.6) is 0 Å². The number of nitrogens with zero attached hydrogens (tertiary/aromatic N) is 2. The van der Waals surface area contributed by atoms with Crippen LogP contribution in [0.4, 0.5) is 0 Å². The topological polar surface area (TPSA) is 37.8 Å². The SMILES string of the molecule is CCNC(c1cnccn1)C1CCC(C)C1. The van der Waals surface area contributed by atoms with E-state index in [9.17, 15) is 0 Å². The van der Waals surface area contributed by atoms with Crippen LogP contribution in [0.3, 0.4) is 0 Å². The fourth-order valence-electron chi connectivity index (χ4n) is 2.76. The summed E-state index contributed by atoms with van der Waals surface area (Å²) in [5, 5.41) is 3.56. The number of aromatic nitrogens is 2. The lowest BCUT2D eigenvalue weighted by Crippen LogP contribution is -2.28. The van der Waals surface area contributed by atoms with Crippen molar-refractivity contribution in [2.24, 2.45) is 11.8 Å². The van der Waals surface area contributed by atoms with Crippen LogP contribution in [0.15, 0.2) is 18.6 Å². The lowest BCUT2D eigenvalue weighted by atomic mass is 9.94. The van der Waals surface area contributed by atoms with Gasteiger partial charge in [0, 0.05) is 18.6 Å². The van der Waals surface area contributed by atoms with Gasteiger partial charge in [-0.25, -0.2) is 0 Å². The normalized spacial score (nSPS) is 26.9. The molecule has 0 radical (unpaired) electrons. The highest BCUT2D eigenvalue weighted by Gasteiger charge is 2.30. The Morgan fingerprint density at radius 1 is 1.44 bits per heavy atom. The molecule has 1 aliphatic carbocycles. The van der Waals surface area contributed by atoms with E-state index in [-0.39, 0.29) is 0 Å². The smallest absolute Gasteiger partial charge is 0.0758 e. The molecule has 16 heavy (non-hydrogen) atoms. The van der Waals surface area contributed by atoms with Crippen molar-refractivity contribution in [3.63, 3.8) is 0 Å². The highest BCUT2D eigenvalue weighted by molar-refractivity contribution is 5.05. The Hall–Kier alpha value is -0.960. The van der Waals surface area contributed by atoms with Crippen LogP contribution in [0.2, 0.25) is 0 Å². The second-order valence-corrected chi connectivity index (χ2v) is 4.84. The van der Waals surface area contributed by atoms with E-state index in [0.29, 0.717) is 6.04 Å². The van der Waals surface area contributed by atoms with Gasteiger partial charge in [-0.05, 0) is 31.2 Å². The molecule has 3 atom stereocenters. The van der Waals surface area contributed by atoms with Gasteiger partial charge >= 0.3 is 0 Å². The monoisotopic (exact) mass is 219 g/mol. The molecule has 1 aromatic rings. The summed E-state index contributed by atoms with van der Waals surface area (Å²) in [5.74, 6) is 1.59. The molecule has 3 unspecified atom stereocenters. The van der Waals surface area contributed by atoms with E-state index in [1.807, 2.05) is 6.20 Å². The molecule has 1 saturated carbocycles. The maximum atomic E-state index is 4.44. The molecule has 3 heteroatoms. The Bertz CT molecular complexity index is 312. The van der Waals surface area contributed by atoms with Gasteiger partial charge in [0.05, 0.1) is 11.7 Å². The number of hydrogen-bond acceptors (Lipinski definition) is 3. The van der Waals surface area contributed by atoms with Crippen molar-refractivity contribution in [3.05, 3.63) is 24.3 Å². The van der Waals surface area contributed by atoms with E-state index in [2.05, 4.69) is 29.1 Å². The zero-order valence-corrected chi connectivity index (χ0v) is 10.2. The molecule has 0 bridgehead atoms. The molecule has 1 fully saturated rings. The highest BCUT2D eigenvalue weighted by atomic mass is 15.0. The van der Waals surface area contributed by atoms with Gasteiger partial charge in [0.25, 0.3) is 0 Å². The lowest BCUT2D eigenvalue weighted by Gasteiger charge is -2.23. The van der Waals surface area contributed by atoms with Crippen LogP contribution in [-0.2, 0) is 0 Å². The van der Waals surface area contributed by atoms with Crippen molar-refractivity contribution in [1.82, 2.24) is 15.3 Å². The average molecular weight is 219 g/mol. The molecule has 0 saturated heterocycles. The van der Waals surface area contributed by atoms with Gasteiger partial charge in [0.15, 0.2) is 0 Å². The van der Waals surface area contributed by atoms with Gasteiger partial charge in [-0.2, -0.15) is 0 Å². The van der Waals surface area contributed by atoms with Crippen LogP contribution in [0, 0.1) is 11.8 Å². The van der Waals surface area contributed by atoms with Crippen molar-refractivity contribution < 1.29 is 0 Å². The second-order valence-electron chi connectivity index (χ2n) is 4.84. The summed E-state index contributed by atoms with van der Waals surface area (Å²) in [7, 11) is 0. The molecule has 1 N–H and O–H groups in total. The quantitative estimate of drug-likeness (QED) is 0.845. The van der Waals surface area contributed by atoms with Crippen LogP contribution >= 0.6 is 0 Å². The zero-order chi connectivity index (χ0) is 11.4. The van der Waals surface area contributed by atoms with Crippen LogP contribution in [-0.4, -0.2) is 16.5 Å². The summed E-state index contributed by atoms with van der Waals surface area (Å²) >= 11 is 0. The Balaban J connectivity index is 2.11. The lowest BCUT2D eigenvalue weighted by molar-refractivity contribution is 0.357. The molecule has 2 rings (SSSR count). The molecular formula is C13H21N3. The van der Waals surface area contributed by atoms with Gasteiger partial charge in [0.2, 0.25) is 0 Å². The summed E-state index contributed by atoms with van der Waals surface area (Å²) in [6, 6.07) is 0.392.